The SMILES string of the molecule is CC(C)(C)C1Cn2ccnc2CN1. The summed E-state index contributed by atoms with van der Waals surface area (Å²) in [6.07, 6.45) is 3.94. The second-order valence-electron chi connectivity index (χ2n) is 4.80. The maximum Gasteiger partial charge on any atom is 0.122 e. The van der Waals surface area contributed by atoms with Crippen LogP contribution in [0.2, 0.25) is 0 Å². The Kier molecular flexibility index (Phi) is 1.91. The standard InChI is InChI=1S/C10H17N3/c1-10(2,3)8-7-13-5-4-11-9(13)6-12-8/h4-5,8,12H,6-7H2,1-3H3. The molecular formula is C10H17N3. The number of hydrogen-bond acceptors (Lipinski definition) is 2. The molecule has 0 aromatic carbocycles. The van der Waals surface area contributed by atoms with Gasteiger partial charge >= 0.3 is 0 Å². The summed E-state index contributed by atoms with van der Waals surface area (Å²) in [5, 5.41) is 3.52. The summed E-state index contributed by atoms with van der Waals surface area (Å²) in [6.45, 7) is 8.75. The number of rotatable bonds is 0. The lowest BCUT2D eigenvalue weighted by molar-refractivity contribution is 0.217. The number of nitrogens with one attached hydrogen (secondary N) is 1. The highest BCUT2D eigenvalue weighted by molar-refractivity contribution is 4.99. The van der Waals surface area contributed by atoms with Crippen LogP contribution in [0, 0.1) is 5.41 Å². The van der Waals surface area contributed by atoms with E-state index in [0.29, 0.717) is 11.5 Å². The second kappa shape index (κ2) is 2.84. The van der Waals surface area contributed by atoms with E-state index in [1.54, 1.807) is 0 Å². The molecule has 0 amide bonds. The Morgan fingerprint density at radius 1 is 1.54 bits per heavy atom. The highest BCUT2D eigenvalue weighted by Gasteiger charge is 2.28. The van der Waals surface area contributed by atoms with Gasteiger partial charge in [0.2, 0.25) is 0 Å². The van der Waals surface area contributed by atoms with Gasteiger partial charge in [-0.2, -0.15) is 0 Å². The summed E-state index contributed by atoms with van der Waals surface area (Å²) < 4.78 is 2.24. The van der Waals surface area contributed by atoms with Crippen molar-refractivity contribution in [2.75, 3.05) is 0 Å². The Hall–Kier alpha value is -0.830. The summed E-state index contributed by atoms with van der Waals surface area (Å²) in [5.41, 5.74) is 0.321. The minimum Gasteiger partial charge on any atom is -0.332 e. The lowest BCUT2D eigenvalue weighted by Crippen LogP contribution is -2.46. The quantitative estimate of drug-likeness (QED) is 0.652. The molecular weight excluding hydrogens is 162 g/mol. The molecule has 2 rings (SSSR count). The first-order valence-electron chi connectivity index (χ1n) is 4.81. The van der Waals surface area contributed by atoms with Gasteiger partial charge in [-0.05, 0) is 5.41 Å². The third kappa shape index (κ3) is 1.61. The highest BCUT2D eigenvalue weighted by Crippen LogP contribution is 2.23. The van der Waals surface area contributed by atoms with Crippen molar-refractivity contribution < 1.29 is 0 Å². The van der Waals surface area contributed by atoms with Gasteiger partial charge in [0.05, 0.1) is 6.54 Å². The van der Waals surface area contributed by atoms with Gasteiger partial charge in [0.15, 0.2) is 0 Å². The number of nitrogens with zero attached hydrogens (tertiary/aromatic N) is 2. The minimum absolute atomic E-state index is 0.321. The van der Waals surface area contributed by atoms with E-state index in [2.05, 4.69) is 41.8 Å². The normalized spacial score (nSPS) is 22.8. The van der Waals surface area contributed by atoms with Crippen molar-refractivity contribution in [3.8, 4) is 0 Å². The maximum absolute atomic E-state index is 4.27. The third-order valence-corrected chi connectivity index (χ3v) is 2.73. The lowest BCUT2D eigenvalue weighted by atomic mass is 9.86. The van der Waals surface area contributed by atoms with Crippen LogP contribution in [0.25, 0.3) is 0 Å². The smallest absolute Gasteiger partial charge is 0.122 e. The number of hydrogen-bond donors (Lipinski definition) is 1. The van der Waals surface area contributed by atoms with Crippen LogP contribution in [-0.2, 0) is 13.1 Å². The van der Waals surface area contributed by atoms with E-state index in [1.807, 2.05) is 6.20 Å². The van der Waals surface area contributed by atoms with E-state index in [-0.39, 0.29) is 0 Å². The Morgan fingerprint density at radius 3 is 3.00 bits per heavy atom. The maximum atomic E-state index is 4.27. The fraction of sp³-hybridized carbons (Fsp3) is 0.700. The molecule has 0 saturated heterocycles. The zero-order chi connectivity index (χ0) is 9.47. The van der Waals surface area contributed by atoms with Gasteiger partial charge in [-0.1, -0.05) is 20.8 Å². The molecule has 1 aromatic heterocycles. The predicted molar refractivity (Wildman–Crippen MR) is 52.3 cm³/mol. The van der Waals surface area contributed by atoms with Crippen LogP contribution >= 0.6 is 0 Å². The molecule has 0 bridgehead atoms. The van der Waals surface area contributed by atoms with Crippen LogP contribution in [-0.4, -0.2) is 15.6 Å². The summed E-state index contributed by atoms with van der Waals surface area (Å²) in [6, 6.07) is 0.550. The van der Waals surface area contributed by atoms with Crippen molar-refractivity contribution in [1.29, 1.82) is 0 Å². The third-order valence-electron chi connectivity index (χ3n) is 2.73. The molecule has 72 valence electrons. The van der Waals surface area contributed by atoms with Crippen molar-refractivity contribution in [3.05, 3.63) is 18.2 Å². The first kappa shape index (κ1) is 8.75. The van der Waals surface area contributed by atoms with Gasteiger partial charge in [0.25, 0.3) is 0 Å². The highest BCUT2D eigenvalue weighted by atomic mass is 15.2. The molecule has 0 radical (unpaired) electrons. The molecule has 3 heteroatoms. The minimum atomic E-state index is 0.321. The van der Waals surface area contributed by atoms with Crippen LogP contribution in [0.15, 0.2) is 12.4 Å². The Bertz CT molecular complexity index is 295. The molecule has 1 N–H and O–H groups in total. The largest absolute Gasteiger partial charge is 0.332 e. The molecule has 3 nitrogen and oxygen atoms in total. The fourth-order valence-corrected chi connectivity index (χ4v) is 1.73. The zero-order valence-electron chi connectivity index (χ0n) is 8.54. The van der Waals surface area contributed by atoms with Crippen molar-refractivity contribution in [1.82, 2.24) is 14.9 Å². The molecule has 2 heterocycles. The van der Waals surface area contributed by atoms with E-state index < -0.39 is 0 Å². The molecule has 1 aromatic rings. The van der Waals surface area contributed by atoms with Crippen LogP contribution in [0.1, 0.15) is 26.6 Å². The van der Waals surface area contributed by atoms with E-state index in [4.69, 9.17) is 0 Å². The average molecular weight is 179 g/mol. The van der Waals surface area contributed by atoms with Crippen LogP contribution in [0.5, 0.6) is 0 Å². The first-order valence-corrected chi connectivity index (χ1v) is 4.81. The Morgan fingerprint density at radius 2 is 2.31 bits per heavy atom. The summed E-state index contributed by atoms with van der Waals surface area (Å²) in [7, 11) is 0. The Balaban J connectivity index is 2.18. The van der Waals surface area contributed by atoms with Gasteiger partial charge in [-0.25, -0.2) is 4.98 Å². The van der Waals surface area contributed by atoms with Gasteiger partial charge in [0, 0.05) is 25.0 Å². The fourth-order valence-electron chi connectivity index (χ4n) is 1.73. The molecule has 1 unspecified atom stereocenters. The van der Waals surface area contributed by atoms with Gasteiger partial charge in [-0.15, -0.1) is 0 Å². The summed E-state index contributed by atoms with van der Waals surface area (Å²) >= 11 is 0. The Labute approximate surface area is 79.2 Å². The molecule has 0 spiro atoms. The zero-order valence-corrected chi connectivity index (χ0v) is 8.54. The molecule has 0 fully saturated rings. The molecule has 0 aliphatic carbocycles. The predicted octanol–water partition coefficient (Wildman–Crippen LogP) is 1.40. The molecule has 1 aliphatic rings. The lowest BCUT2D eigenvalue weighted by Gasteiger charge is -2.35. The average Bonchev–Trinajstić information content (AvgIpc) is 2.47. The van der Waals surface area contributed by atoms with E-state index in [1.165, 1.54) is 0 Å². The summed E-state index contributed by atoms with van der Waals surface area (Å²) in [5.74, 6) is 1.15. The second-order valence-corrected chi connectivity index (χ2v) is 4.80. The number of imidazole rings is 1. The monoisotopic (exact) mass is 179 g/mol. The van der Waals surface area contributed by atoms with Crippen LogP contribution < -0.4 is 5.32 Å². The molecule has 1 aliphatic heterocycles. The van der Waals surface area contributed by atoms with Gasteiger partial charge in [-0.3, -0.25) is 0 Å². The van der Waals surface area contributed by atoms with E-state index in [0.717, 1.165) is 18.9 Å². The number of aromatic nitrogens is 2. The van der Waals surface area contributed by atoms with Crippen molar-refractivity contribution >= 4 is 0 Å². The molecule has 13 heavy (non-hydrogen) atoms. The van der Waals surface area contributed by atoms with Crippen LogP contribution in [0.4, 0.5) is 0 Å². The van der Waals surface area contributed by atoms with Gasteiger partial charge in [0.1, 0.15) is 5.82 Å². The van der Waals surface area contributed by atoms with Crippen molar-refractivity contribution in [3.63, 3.8) is 0 Å². The van der Waals surface area contributed by atoms with Gasteiger partial charge < -0.3 is 9.88 Å². The van der Waals surface area contributed by atoms with Crippen molar-refractivity contribution in [2.24, 2.45) is 5.41 Å². The van der Waals surface area contributed by atoms with E-state index >= 15 is 0 Å². The molecule has 0 saturated carbocycles. The number of fused-ring (bicyclic) bond motifs is 1. The molecule has 1 atom stereocenters. The van der Waals surface area contributed by atoms with E-state index in [9.17, 15) is 0 Å². The van der Waals surface area contributed by atoms with Crippen molar-refractivity contribution in [2.45, 2.75) is 39.9 Å². The van der Waals surface area contributed by atoms with Crippen LogP contribution in [0.3, 0.4) is 0 Å². The first-order chi connectivity index (χ1) is 6.07. The topological polar surface area (TPSA) is 29.9 Å². The summed E-state index contributed by atoms with van der Waals surface area (Å²) in [4.78, 5) is 4.27.